The summed E-state index contributed by atoms with van der Waals surface area (Å²) in [5.74, 6) is 0.370. The molecule has 1 aromatic rings. The van der Waals surface area contributed by atoms with Crippen molar-refractivity contribution in [2.45, 2.75) is 38.7 Å². The van der Waals surface area contributed by atoms with E-state index in [2.05, 4.69) is 4.98 Å². The van der Waals surface area contributed by atoms with Gasteiger partial charge in [-0.15, -0.1) is 0 Å². The van der Waals surface area contributed by atoms with Crippen molar-refractivity contribution in [3.63, 3.8) is 0 Å². The van der Waals surface area contributed by atoms with Crippen LogP contribution in [0.5, 0.6) is 5.75 Å². The Bertz CT molecular complexity index is 414. The molecule has 0 bridgehead atoms. The van der Waals surface area contributed by atoms with Gasteiger partial charge in [-0.05, 0) is 12.8 Å². The summed E-state index contributed by atoms with van der Waals surface area (Å²) in [5, 5.41) is 11.0. The molecule has 0 amide bonds. The molecule has 5 heteroatoms. The van der Waals surface area contributed by atoms with Crippen LogP contribution < -0.4 is 4.74 Å². The summed E-state index contributed by atoms with van der Waals surface area (Å²) in [7, 11) is 0. The Balaban J connectivity index is 2.41. The summed E-state index contributed by atoms with van der Waals surface area (Å²) >= 11 is 0. The average molecular weight is 222 g/mol. The van der Waals surface area contributed by atoms with Gasteiger partial charge in [0.25, 0.3) is 0 Å². The third-order valence-electron chi connectivity index (χ3n) is 2.46. The van der Waals surface area contributed by atoms with Crippen LogP contribution in [0.1, 0.15) is 38.3 Å². The minimum atomic E-state index is -0.403. The van der Waals surface area contributed by atoms with Crippen LogP contribution in [0.4, 0.5) is 5.69 Å². The van der Waals surface area contributed by atoms with E-state index < -0.39 is 4.92 Å². The minimum Gasteiger partial charge on any atom is -0.483 e. The van der Waals surface area contributed by atoms with Gasteiger partial charge in [0, 0.05) is 18.2 Å². The number of nitro groups is 1. The first-order valence-electron chi connectivity index (χ1n) is 5.39. The number of aromatic nitrogens is 1. The second kappa shape index (κ2) is 4.08. The zero-order valence-electron chi connectivity index (χ0n) is 9.34. The Hall–Kier alpha value is -1.65. The van der Waals surface area contributed by atoms with Crippen molar-refractivity contribution in [3.8, 4) is 5.75 Å². The van der Waals surface area contributed by atoms with Crippen LogP contribution >= 0.6 is 0 Å². The quantitative estimate of drug-likeness (QED) is 0.580. The molecule has 0 N–H and O–H groups in total. The highest BCUT2D eigenvalue weighted by molar-refractivity contribution is 5.50. The van der Waals surface area contributed by atoms with Crippen LogP contribution in [0.15, 0.2) is 12.3 Å². The summed E-state index contributed by atoms with van der Waals surface area (Å²) in [6, 6.07) is 1.57. The summed E-state index contributed by atoms with van der Waals surface area (Å²) in [5.41, 5.74) is 0.507. The standard InChI is InChI=1S/C11H14N2O3/c1-7(2)10-11(13(14)15)9(5-6-12-10)16-8-3-4-8/h5-8H,3-4H2,1-2H3. The lowest BCUT2D eigenvalue weighted by Gasteiger charge is -2.09. The van der Waals surface area contributed by atoms with Crippen molar-refractivity contribution >= 4 is 5.69 Å². The predicted molar refractivity (Wildman–Crippen MR) is 58.6 cm³/mol. The van der Waals surface area contributed by atoms with Gasteiger partial charge in [-0.2, -0.15) is 0 Å². The van der Waals surface area contributed by atoms with Crippen LogP contribution in [-0.4, -0.2) is 16.0 Å². The first-order chi connectivity index (χ1) is 7.59. The fourth-order valence-corrected chi connectivity index (χ4v) is 1.52. The van der Waals surface area contributed by atoms with E-state index in [1.54, 1.807) is 12.3 Å². The Morgan fingerprint density at radius 2 is 2.25 bits per heavy atom. The Morgan fingerprint density at radius 1 is 1.56 bits per heavy atom. The Kier molecular flexibility index (Phi) is 2.77. The van der Waals surface area contributed by atoms with Gasteiger partial charge >= 0.3 is 5.69 Å². The first-order valence-corrected chi connectivity index (χ1v) is 5.39. The topological polar surface area (TPSA) is 65.3 Å². The van der Waals surface area contributed by atoms with E-state index in [0.29, 0.717) is 11.4 Å². The molecule has 0 radical (unpaired) electrons. The van der Waals surface area contributed by atoms with Crippen molar-refractivity contribution in [2.24, 2.45) is 0 Å². The summed E-state index contributed by atoms with van der Waals surface area (Å²) in [6.07, 6.45) is 3.69. The molecular formula is C11H14N2O3. The maximum Gasteiger partial charge on any atom is 0.332 e. The number of hydrogen-bond acceptors (Lipinski definition) is 4. The van der Waals surface area contributed by atoms with Crippen LogP contribution in [0, 0.1) is 10.1 Å². The van der Waals surface area contributed by atoms with Gasteiger partial charge in [0.1, 0.15) is 5.69 Å². The van der Waals surface area contributed by atoms with E-state index in [0.717, 1.165) is 12.8 Å². The zero-order chi connectivity index (χ0) is 11.7. The van der Waals surface area contributed by atoms with Gasteiger partial charge in [0.2, 0.25) is 5.75 Å². The van der Waals surface area contributed by atoms with Gasteiger partial charge in [-0.3, -0.25) is 15.1 Å². The van der Waals surface area contributed by atoms with Gasteiger partial charge in [0.05, 0.1) is 11.0 Å². The van der Waals surface area contributed by atoms with E-state index in [4.69, 9.17) is 4.74 Å². The van der Waals surface area contributed by atoms with E-state index in [1.165, 1.54) is 0 Å². The zero-order valence-corrected chi connectivity index (χ0v) is 9.34. The Morgan fingerprint density at radius 3 is 2.75 bits per heavy atom. The van der Waals surface area contributed by atoms with Gasteiger partial charge in [-0.25, -0.2) is 0 Å². The lowest BCUT2D eigenvalue weighted by Crippen LogP contribution is -2.05. The molecular weight excluding hydrogens is 208 g/mol. The smallest absolute Gasteiger partial charge is 0.332 e. The molecule has 1 fully saturated rings. The van der Waals surface area contributed by atoms with Gasteiger partial charge < -0.3 is 4.74 Å². The van der Waals surface area contributed by atoms with Crippen molar-refractivity contribution in [1.29, 1.82) is 0 Å². The number of hydrogen-bond donors (Lipinski definition) is 0. The molecule has 0 spiro atoms. The molecule has 0 saturated heterocycles. The number of ether oxygens (including phenoxy) is 1. The van der Waals surface area contributed by atoms with Gasteiger partial charge in [-0.1, -0.05) is 13.8 Å². The van der Waals surface area contributed by atoms with Crippen molar-refractivity contribution in [2.75, 3.05) is 0 Å². The number of rotatable bonds is 4. The van der Waals surface area contributed by atoms with Crippen molar-refractivity contribution < 1.29 is 9.66 Å². The molecule has 1 heterocycles. The maximum atomic E-state index is 11.0. The largest absolute Gasteiger partial charge is 0.483 e. The highest BCUT2D eigenvalue weighted by atomic mass is 16.6. The second-order valence-electron chi connectivity index (χ2n) is 4.27. The second-order valence-corrected chi connectivity index (χ2v) is 4.27. The molecule has 0 unspecified atom stereocenters. The number of nitrogens with zero attached hydrogens (tertiary/aromatic N) is 2. The minimum absolute atomic E-state index is 0.0168. The van der Waals surface area contributed by atoms with Crippen molar-refractivity contribution in [1.82, 2.24) is 4.98 Å². The maximum absolute atomic E-state index is 11.0. The normalized spacial score (nSPS) is 15.2. The van der Waals surface area contributed by atoms with Gasteiger partial charge in [0.15, 0.2) is 0 Å². The van der Waals surface area contributed by atoms with E-state index in [1.807, 2.05) is 13.8 Å². The molecule has 0 aliphatic heterocycles. The van der Waals surface area contributed by atoms with Crippen LogP contribution in [-0.2, 0) is 0 Å². The first kappa shape index (κ1) is 10.9. The molecule has 1 aliphatic rings. The molecule has 1 aromatic heterocycles. The van der Waals surface area contributed by atoms with Crippen LogP contribution in [0.3, 0.4) is 0 Å². The highest BCUT2D eigenvalue weighted by Crippen LogP contribution is 2.37. The monoisotopic (exact) mass is 222 g/mol. The summed E-state index contributed by atoms with van der Waals surface area (Å²) < 4.78 is 5.53. The summed E-state index contributed by atoms with van der Waals surface area (Å²) in [4.78, 5) is 14.7. The molecule has 86 valence electrons. The van der Waals surface area contributed by atoms with Crippen LogP contribution in [0.25, 0.3) is 0 Å². The summed E-state index contributed by atoms with van der Waals surface area (Å²) in [6.45, 7) is 3.77. The van der Waals surface area contributed by atoms with Crippen molar-refractivity contribution in [3.05, 3.63) is 28.1 Å². The fourth-order valence-electron chi connectivity index (χ4n) is 1.52. The average Bonchev–Trinajstić information content (AvgIpc) is 3.00. The third-order valence-corrected chi connectivity index (χ3v) is 2.46. The lowest BCUT2D eigenvalue weighted by atomic mass is 10.1. The molecule has 1 aliphatic carbocycles. The van der Waals surface area contributed by atoms with E-state index in [9.17, 15) is 10.1 Å². The third kappa shape index (κ3) is 2.13. The molecule has 2 rings (SSSR count). The lowest BCUT2D eigenvalue weighted by molar-refractivity contribution is -0.387. The SMILES string of the molecule is CC(C)c1nccc(OC2CC2)c1[N+](=O)[O-]. The van der Waals surface area contributed by atoms with E-state index >= 15 is 0 Å². The molecule has 5 nitrogen and oxygen atoms in total. The number of pyridine rings is 1. The van der Waals surface area contributed by atoms with Crippen LogP contribution in [0.2, 0.25) is 0 Å². The molecule has 1 saturated carbocycles. The Labute approximate surface area is 93.6 Å². The van der Waals surface area contributed by atoms with E-state index in [-0.39, 0.29) is 17.7 Å². The molecule has 16 heavy (non-hydrogen) atoms. The fraction of sp³-hybridized carbons (Fsp3) is 0.545. The molecule has 0 aromatic carbocycles. The predicted octanol–water partition coefficient (Wildman–Crippen LogP) is 2.65. The molecule has 0 atom stereocenters. The highest BCUT2D eigenvalue weighted by Gasteiger charge is 2.30.